The number of nitriles is 1. The maximum Gasteiger partial charge on any atom is 0.283 e. The predicted octanol–water partition coefficient (Wildman–Crippen LogP) is 3.93. The van der Waals surface area contributed by atoms with Crippen LogP contribution in [0.4, 0.5) is 5.69 Å². The highest BCUT2D eigenvalue weighted by molar-refractivity contribution is 7.99. The average Bonchev–Trinajstić information content (AvgIpc) is 2.39. The van der Waals surface area contributed by atoms with Crippen LogP contribution in [0, 0.1) is 28.4 Å². The van der Waals surface area contributed by atoms with E-state index in [-0.39, 0.29) is 5.69 Å². The minimum Gasteiger partial charge on any atom is -0.258 e. The van der Waals surface area contributed by atoms with Crippen molar-refractivity contribution in [1.82, 2.24) is 0 Å². The van der Waals surface area contributed by atoms with Crippen LogP contribution in [0.25, 0.3) is 0 Å². The SMILES string of the molecule is Cc1ccc(C#N)c(Sc2ccccc2[N+](=O)[O-])c1. The summed E-state index contributed by atoms with van der Waals surface area (Å²) in [6.07, 6.45) is 0. The lowest BCUT2D eigenvalue weighted by molar-refractivity contribution is -0.387. The Hall–Kier alpha value is -2.32. The predicted molar refractivity (Wildman–Crippen MR) is 73.1 cm³/mol. The summed E-state index contributed by atoms with van der Waals surface area (Å²) in [4.78, 5) is 11.8. The average molecular weight is 270 g/mol. The number of aryl methyl sites for hydroxylation is 1. The molecule has 0 fully saturated rings. The Morgan fingerprint density at radius 2 is 1.95 bits per heavy atom. The van der Waals surface area contributed by atoms with Crippen molar-refractivity contribution in [2.45, 2.75) is 16.7 Å². The Bertz CT molecular complexity index is 677. The number of rotatable bonds is 3. The van der Waals surface area contributed by atoms with Crippen molar-refractivity contribution in [3.63, 3.8) is 0 Å². The van der Waals surface area contributed by atoms with E-state index < -0.39 is 4.92 Å². The number of hydrogen-bond acceptors (Lipinski definition) is 4. The van der Waals surface area contributed by atoms with E-state index in [1.807, 2.05) is 19.1 Å². The van der Waals surface area contributed by atoms with Crippen molar-refractivity contribution < 1.29 is 4.92 Å². The van der Waals surface area contributed by atoms with Crippen LogP contribution in [0.5, 0.6) is 0 Å². The smallest absolute Gasteiger partial charge is 0.258 e. The van der Waals surface area contributed by atoms with Gasteiger partial charge in [0.25, 0.3) is 5.69 Å². The van der Waals surface area contributed by atoms with Crippen LogP contribution in [-0.4, -0.2) is 4.92 Å². The number of nitro benzene ring substituents is 1. The van der Waals surface area contributed by atoms with Crippen LogP contribution in [0.3, 0.4) is 0 Å². The molecular weight excluding hydrogens is 260 g/mol. The summed E-state index contributed by atoms with van der Waals surface area (Å²) < 4.78 is 0. The molecule has 0 aliphatic rings. The molecule has 0 aromatic heterocycles. The zero-order valence-electron chi connectivity index (χ0n) is 10.2. The fraction of sp³-hybridized carbons (Fsp3) is 0.0714. The molecular formula is C14H10N2O2S. The van der Waals surface area contributed by atoms with Crippen LogP contribution in [0.15, 0.2) is 52.3 Å². The summed E-state index contributed by atoms with van der Waals surface area (Å²) in [6.45, 7) is 1.92. The van der Waals surface area contributed by atoms with Crippen LogP contribution < -0.4 is 0 Å². The van der Waals surface area contributed by atoms with Gasteiger partial charge in [-0.3, -0.25) is 10.1 Å². The van der Waals surface area contributed by atoms with Gasteiger partial charge in [0, 0.05) is 11.0 Å². The Balaban J connectivity index is 2.45. The highest BCUT2D eigenvalue weighted by Crippen LogP contribution is 2.36. The Morgan fingerprint density at radius 3 is 2.63 bits per heavy atom. The molecule has 2 aromatic rings. The summed E-state index contributed by atoms with van der Waals surface area (Å²) in [5.41, 5.74) is 1.59. The molecule has 0 saturated heterocycles. The van der Waals surface area contributed by atoms with Gasteiger partial charge in [0.2, 0.25) is 0 Å². The minimum absolute atomic E-state index is 0.0536. The van der Waals surface area contributed by atoms with Gasteiger partial charge in [-0.15, -0.1) is 0 Å². The molecule has 0 saturated carbocycles. The first kappa shape index (κ1) is 13.1. The van der Waals surface area contributed by atoms with Crippen molar-refractivity contribution in [1.29, 1.82) is 5.26 Å². The van der Waals surface area contributed by atoms with Crippen LogP contribution in [0.1, 0.15) is 11.1 Å². The molecule has 0 unspecified atom stereocenters. The Kier molecular flexibility index (Phi) is 3.83. The van der Waals surface area contributed by atoms with E-state index >= 15 is 0 Å². The maximum atomic E-state index is 11.0. The third-order valence-electron chi connectivity index (χ3n) is 2.54. The molecule has 0 heterocycles. The quantitative estimate of drug-likeness (QED) is 0.626. The molecule has 4 nitrogen and oxygen atoms in total. The molecule has 0 amide bonds. The molecule has 19 heavy (non-hydrogen) atoms. The van der Waals surface area contributed by atoms with Gasteiger partial charge in [-0.1, -0.05) is 30.0 Å². The van der Waals surface area contributed by atoms with E-state index in [0.717, 1.165) is 10.5 Å². The van der Waals surface area contributed by atoms with Crippen LogP contribution >= 0.6 is 11.8 Å². The third kappa shape index (κ3) is 2.92. The molecule has 0 atom stereocenters. The van der Waals surface area contributed by atoms with E-state index in [1.54, 1.807) is 24.3 Å². The van der Waals surface area contributed by atoms with Crippen molar-refractivity contribution in [3.05, 3.63) is 63.7 Å². The largest absolute Gasteiger partial charge is 0.283 e. The molecule has 5 heteroatoms. The van der Waals surface area contributed by atoms with Gasteiger partial charge < -0.3 is 0 Å². The normalized spacial score (nSPS) is 9.89. The van der Waals surface area contributed by atoms with Crippen molar-refractivity contribution in [2.24, 2.45) is 0 Å². The standard InChI is InChI=1S/C14H10N2O2S/c1-10-6-7-11(9-15)14(8-10)19-13-5-3-2-4-12(13)16(17)18/h2-8H,1H3. The molecule has 2 rings (SSSR count). The van der Waals surface area contributed by atoms with Gasteiger partial charge in [0.1, 0.15) is 6.07 Å². The fourth-order valence-electron chi connectivity index (χ4n) is 1.62. The second-order valence-corrected chi connectivity index (χ2v) is 5.02. The molecule has 0 aliphatic carbocycles. The third-order valence-corrected chi connectivity index (χ3v) is 3.66. The lowest BCUT2D eigenvalue weighted by Gasteiger charge is -2.05. The van der Waals surface area contributed by atoms with E-state index in [4.69, 9.17) is 5.26 Å². The number of nitrogens with zero attached hydrogens (tertiary/aromatic N) is 2. The van der Waals surface area contributed by atoms with Gasteiger partial charge in [-0.05, 0) is 30.7 Å². The van der Waals surface area contributed by atoms with Gasteiger partial charge >= 0.3 is 0 Å². The van der Waals surface area contributed by atoms with Crippen molar-refractivity contribution >= 4 is 17.4 Å². The molecule has 0 bridgehead atoms. The monoisotopic (exact) mass is 270 g/mol. The molecule has 0 radical (unpaired) electrons. The van der Waals surface area contributed by atoms with Gasteiger partial charge in [-0.2, -0.15) is 5.26 Å². The number of benzene rings is 2. The Morgan fingerprint density at radius 1 is 1.21 bits per heavy atom. The fourth-order valence-corrected chi connectivity index (χ4v) is 2.72. The summed E-state index contributed by atoms with van der Waals surface area (Å²) in [6, 6.07) is 14.1. The van der Waals surface area contributed by atoms with E-state index in [1.165, 1.54) is 17.8 Å². The second kappa shape index (κ2) is 5.55. The summed E-state index contributed by atoms with van der Waals surface area (Å²) in [7, 11) is 0. The van der Waals surface area contributed by atoms with Crippen molar-refractivity contribution in [3.8, 4) is 6.07 Å². The first-order valence-electron chi connectivity index (χ1n) is 5.54. The maximum absolute atomic E-state index is 11.0. The van der Waals surface area contributed by atoms with E-state index in [9.17, 15) is 10.1 Å². The summed E-state index contributed by atoms with van der Waals surface area (Å²) >= 11 is 1.24. The molecule has 0 aliphatic heterocycles. The van der Waals surface area contributed by atoms with Gasteiger partial charge in [0.15, 0.2) is 0 Å². The lowest BCUT2D eigenvalue weighted by Crippen LogP contribution is -1.91. The lowest BCUT2D eigenvalue weighted by atomic mass is 10.2. The number of para-hydroxylation sites is 1. The second-order valence-electron chi connectivity index (χ2n) is 3.94. The molecule has 94 valence electrons. The molecule has 0 spiro atoms. The van der Waals surface area contributed by atoms with Crippen LogP contribution in [-0.2, 0) is 0 Å². The number of hydrogen-bond donors (Lipinski definition) is 0. The van der Waals surface area contributed by atoms with Crippen LogP contribution in [0.2, 0.25) is 0 Å². The molecule has 0 N–H and O–H groups in total. The first-order chi connectivity index (χ1) is 9.11. The Labute approximate surface area is 114 Å². The number of nitro groups is 1. The zero-order chi connectivity index (χ0) is 13.8. The zero-order valence-corrected chi connectivity index (χ0v) is 11.0. The van der Waals surface area contributed by atoms with E-state index in [0.29, 0.717) is 10.5 Å². The van der Waals surface area contributed by atoms with Gasteiger partial charge in [-0.25, -0.2) is 0 Å². The topological polar surface area (TPSA) is 66.9 Å². The van der Waals surface area contributed by atoms with Gasteiger partial charge in [0.05, 0.1) is 15.4 Å². The van der Waals surface area contributed by atoms with Crippen molar-refractivity contribution in [2.75, 3.05) is 0 Å². The summed E-state index contributed by atoms with van der Waals surface area (Å²) in [5, 5.41) is 20.0. The highest BCUT2D eigenvalue weighted by Gasteiger charge is 2.15. The molecule has 2 aromatic carbocycles. The minimum atomic E-state index is -0.413. The first-order valence-corrected chi connectivity index (χ1v) is 6.35. The summed E-state index contributed by atoms with van der Waals surface area (Å²) in [5.74, 6) is 0. The van der Waals surface area contributed by atoms with E-state index in [2.05, 4.69) is 6.07 Å². The highest BCUT2D eigenvalue weighted by atomic mass is 32.2.